The molecule has 142 valence electrons. The minimum atomic E-state index is -0.423. The Balaban J connectivity index is 1.65. The van der Waals surface area contributed by atoms with Gasteiger partial charge in [0.05, 0.1) is 0 Å². The van der Waals surface area contributed by atoms with Crippen LogP contribution in [0, 0.1) is 5.82 Å². The molecule has 0 N–H and O–H groups in total. The largest absolute Gasteiger partial charge is 0.378 e. The van der Waals surface area contributed by atoms with Crippen LogP contribution in [0.2, 0.25) is 0 Å². The van der Waals surface area contributed by atoms with Crippen LogP contribution in [0.4, 0.5) is 10.1 Å². The van der Waals surface area contributed by atoms with Crippen LogP contribution in [-0.4, -0.2) is 61.9 Å². The van der Waals surface area contributed by atoms with E-state index >= 15 is 0 Å². The van der Waals surface area contributed by atoms with Crippen molar-refractivity contribution in [1.82, 2.24) is 9.80 Å². The molecule has 1 aliphatic rings. The van der Waals surface area contributed by atoms with Gasteiger partial charge in [-0.25, -0.2) is 4.39 Å². The predicted octanol–water partition coefficient (Wildman–Crippen LogP) is 2.88. The number of anilines is 1. The summed E-state index contributed by atoms with van der Waals surface area (Å²) >= 11 is 0. The molecule has 2 amide bonds. The van der Waals surface area contributed by atoms with Gasteiger partial charge in [-0.15, -0.1) is 0 Å². The van der Waals surface area contributed by atoms with Gasteiger partial charge in [0.25, 0.3) is 11.8 Å². The van der Waals surface area contributed by atoms with Gasteiger partial charge in [-0.1, -0.05) is 6.07 Å². The summed E-state index contributed by atoms with van der Waals surface area (Å²) in [6, 6.07) is 13.2. The minimum absolute atomic E-state index is 0.0274. The summed E-state index contributed by atoms with van der Waals surface area (Å²) in [4.78, 5) is 30.8. The Morgan fingerprint density at radius 2 is 1.44 bits per heavy atom. The number of rotatable bonds is 3. The molecule has 1 fully saturated rings. The van der Waals surface area contributed by atoms with Crippen LogP contribution < -0.4 is 4.90 Å². The maximum Gasteiger partial charge on any atom is 0.254 e. The Bertz CT molecular complexity index is 820. The molecule has 0 spiro atoms. The van der Waals surface area contributed by atoms with Crippen LogP contribution in [0.15, 0.2) is 48.5 Å². The fourth-order valence-corrected chi connectivity index (χ4v) is 3.21. The van der Waals surface area contributed by atoms with Gasteiger partial charge in [0.2, 0.25) is 0 Å². The quantitative estimate of drug-likeness (QED) is 0.836. The fraction of sp³-hybridized carbons (Fsp3) is 0.333. The van der Waals surface area contributed by atoms with Gasteiger partial charge in [0.1, 0.15) is 5.82 Å². The summed E-state index contributed by atoms with van der Waals surface area (Å²) in [6.07, 6.45) is 0.697. The van der Waals surface area contributed by atoms with E-state index in [1.165, 1.54) is 18.2 Å². The first kappa shape index (κ1) is 18.9. The van der Waals surface area contributed by atoms with Crippen molar-refractivity contribution in [3.63, 3.8) is 0 Å². The van der Waals surface area contributed by atoms with Gasteiger partial charge in [-0.2, -0.15) is 0 Å². The van der Waals surface area contributed by atoms with Crippen molar-refractivity contribution in [2.24, 2.45) is 0 Å². The van der Waals surface area contributed by atoms with Crippen LogP contribution in [-0.2, 0) is 0 Å². The van der Waals surface area contributed by atoms with Gasteiger partial charge in [0, 0.05) is 57.1 Å². The molecule has 0 aromatic heterocycles. The van der Waals surface area contributed by atoms with Gasteiger partial charge in [-0.3, -0.25) is 9.59 Å². The first-order valence-corrected chi connectivity index (χ1v) is 9.07. The molecule has 0 aliphatic carbocycles. The summed E-state index contributed by atoms with van der Waals surface area (Å²) in [5, 5.41) is 0. The molecule has 3 rings (SSSR count). The number of hydrogen-bond acceptors (Lipinski definition) is 3. The van der Waals surface area contributed by atoms with E-state index in [0.29, 0.717) is 43.7 Å². The molecule has 0 bridgehead atoms. The topological polar surface area (TPSA) is 43.9 Å². The van der Waals surface area contributed by atoms with E-state index in [-0.39, 0.29) is 11.8 Å². The van der Waals surface area contributed by atoms with Crippen molar-refractivity contribution < 1.29 is 14.0 Å². The van der Waals surface area contributed by atoms with Crippen molar-refractivity contribution in [2.45, 2.75) is 6.42 Å². The van der Waals surface area contributed by atoms with E-state index in [2.05, 4.69) is 0 Å². The highest BCUT2D eigenvalue weighted by atomic mass is 19.1. The molecule has 0 atom stereocenters. The number of carbonyl (C=O) groups is 2. The molecule has 27 heavy (non-hydrogen) atoms. The van der Waals surface area contributed by atoms with Gasteiger partial charge < -0.3 is 14.7 Å². The number of benzene rings is 2. The second kappa shape index (κ2) is 8.20. The lowest BCUT2D eigenvalue weighted by Gasteiger charge is -2.22. The molecule has 0 radical (unpaired) electrons. The molecule has 1 heterocycles. The molecule has 2 aromatic carbocycles. The van der Waals surface area contributed by atoms with Crippen LogP contribution in [0.3, 0.4) is 0 Å². The summed E-state index contributed by atoms with van der Waals surface area (Å²) in [7, 11) is 3.91. The van der Waals surface area contributed by atoms with Crippen molar-refractivity contribution in [2.75, 3.05) is 45.2 Å². The summed E-state index contributed by atoms with van der Waals surface area (Å²) in [5.41, 5.74) is 2.02. The molecule has 0 unspecified atom stereocenters. The standard InChI is InChI=1S/C21H24FN3O2/c1-23(2)19-9-7-16(8-10-19)20(26)24-11-4-12-25(14-13-24)21(27)17-5-3-6-18(22)15-17/h3,5-10,15H,4,11-14H2,1-2H3. The summed E-state index contributed by atoms with van der Waals surface area (Å²) in [5.74, 6) is -0.645. The number of hydrogen-bond donors (Lipinski definition) is 0. The van der Waals surface area contributed by atoms with Crippen molar-refractivity contribution in [3.8, 4) is 0 Å². The van der Waals surface area contributed by atoms with Gasteiger partial charge >= 0.3 is 0 Å². The van der Waals surface area contributed by atoms with E-state index in [4.69, 9.17) is 0 Å². The van der Waals surface area contributed by atoms with E-state index < -0.39 is 5.82 Å². The predicted molar refractivity (Wildman–Crippen MR) is 104 cm³/mol. The zero-order valence-electron chi connectivity index (χ0n) is 15.7. The highest BCUT2D eigenvalue weighted by molar-refractivity contribution is 5.95. The molecular formula is C21H24FN3O2. The Kier molecular flexibility index (Phi) is 5.74. The Morgan fingerprint density at radius 1 is 0.852 bits per heavy atom. The normalized spacial score (nSPS) is 14.6. The van der Waals surface area contributed by atoms with Crippen LogP contribution >= 0.6 is 0 Å². The highest BCUT2D eigenvalue weighted by Gasteiger charge is 2.23. The number of carbonyl (C=O) groups excluding carboxylic acids is 2. The van der Waals surface area contributed by atoms with Crippen molar-refractivity contribution in [1.29, 1.82) is 0 Å². The maximum atomic E-state index is 13.4. The monoisotopic (exact) mass is 369 g/mol. The minimum Gasteiger partial charge on any atom is -0.378 e. The van der Waals surface area contributed by atoms with E-state index in [0.717, 1.165) is 5.69 Å². The van der Waals surface area contributed by atoms with Crippen molar-refractivity contribution >= 4 is 17.5 Å². The zero-order valence-corrected chi connectivity index (χ0v) is 15.7. The second-order valence-electron chi connectivity index (χ2n) is 6.89. The number of halogens is 1. The molecule has 0 saturated carbocycles. The smallest absolute Gasteiger partial charge is 0.254 e. The third kappa shape index (κ3) is 4.45. The fourth-order valence-electron chi connectivity index (χ4n) is 3.21. The average molecular weight is 369 g/mol. The molecule has 6 heteroatoms. The van der Waals surface area contributed by atoms with E-state index in [1.807, 2.05) is 43.3 Å². The van der Waals surface area contributed by atoms with Crippen LogP contribution in [0.1, 0.15) is 27.1 Å². The van der Waals surface area contributed by atoms with E-state index in [1.54, 1.807) is 15.9 Å². The lowest BCUT2D eigenvalue weighted by Crippen LogP contribution is -2.37. The highest BCUT2D eigenvalue weighted by Crippen LogP contribution is 2.16. The lowest BCUT2D eigenvalue weighted by molar-refractivity contribution is 0.0718. The Morgan fingerprint density at radius 3 is 2.00 bits per heavy atom. The number of amides is 2. The molecule has 1 saturated heterocycles. The third-order valence-corrected chi connectivity index (χ3v) is 4.77. The average Bonchev–Trinajstić information content (AvgIpc) is 2.93. The van der Waals surface area contributed by atoms with E-state index in [9.17, 15) is 14.0 Å². The molecule has 1 aliphatic heterocycles. The van der Waals surface area contributed by atoms with Crippen LogP contribution in [0.5, 0.6) is 0 Å². The summed E-state index contributed by atoms with van der Waals surface area (Å²) < 4.78 is 13.4. The SMILES string of the molecule is CN(C)c1ccc(C(=O)N2CCCN(C(=O)c3cccc(F)c3)CC2)cc1. The molecule has 2 aromatic rings. The first-order valence-electron chi connectivity index (χ1n) is 9.07. The Labute approximate surface area is 159 Å². The van der Waals surface area contributed by atoms with Gasteiger partial charge in [-0.05, 0) is 48.9 Å². The lowest BCUT2D eigenvalue weighted by atomic mass is 10.1. The maximum absolute atomic E-state index is 13.4. The zero-order chi connectivity index (χ0) is 19.4. The van der Waals surface area contributed by atoms with Crippen LogP contribution in [0.25, 0.3) is 0 Å². The molecule has 5 nitrogen and oxygen atoms in total. The Hall–Kier alpha value is -2.89. The first-order chi connectivity index (χ1) is 13.0. The van der Waals surface area contributed by atoms with Gasteiger partial charge in [0.15, 0.2) is 0 Å². The van der Waals surface area contributed by atoms with Crippen molar-refractivity contribution in [3.05, 3.63) is 65.5 Å². The second-order valence-corrected chi connectivity index (χ2v) is 6.89. The summed E-state index contributed by atoms with van der Waals surface area (Å²) in [6.45, 7) is 2.06. The number of nitrogens with zero attached hydrogens (tertiary/aromatic N) is 3. The third-order valence-electron chi connectivity index (χ3n) is 4.77. The molecular weight excluding hydrogens is 345 g/mol.